The lowest BCUT2D eigenvalue weighted by atomic mass is 10.2. The van der Waals surface area contributed by atoms with Crippen LogP contribution in [0.5, 0.6) is 0 Å². The average molecular weight is 232 g/mol. The molecule has 0 radical (unpaired) electrons. The van der Waals surface area contributed by atoms with Crippen LogP contribution in [0.4, 0.5) is 4.79 Å². The highest BCUT2D eigenvalue weighted by Gasteiger charge is 2.16. The maximum absolute atomic E-state index is 11.0. The first-order valence-electron chi connectivity index (χ1n) is 5.66. The topological polar surface area (TPSA) is 70.7 Å². The first-order chi connectivity index (χ1) is 8.27. The Balaban J connectivity index is 2.28. The Morgan fingerprint density at radius 2 is 1.88 bits per heavy atom. The summed E-state index contributed by atoms with van der Waals surface area (Å²) >= 11 is 0. The maximum Gasteiger partial charge on any atom is 0.340 e. The summed E-state index contributed by atoms with van der Waals surface area (Å²) in [5, 5.41) is 3.26. The Morgan fingerprint density at radius 3 is 2.47 bits per heavy atom. The molecular weight excluding hydrogens is 216 g/mol. The number of carbonyl (C=O) groups is 1. The molecule has 0 spiro atoms. The number of piperazine rings is 1. The third-order valence-corrected chi connectivity index (χ3v) is 2.66. The second kappa shape index (κ2) is 5.45. The SMILES string of the molecule is NC(=O)/N=C(\c1ccccc1)N1CCNCC1. The van der Waals surface area contributed by atoms with Crippen LogP contribution in [0.15, 0.2) is 35.3 Å². The van der Waals surface area contributed by atoms with Crippen molar-refractivity contribution in [1.82, 2.24) is 10.2 Å². The van der Waals surface area contributed by atoms with Crippen molar-refractivity contribution in [3.8, 4) is 0 Å². The van der Waals surface area contributed by atoms with E-state index in [1.165, 1.54) is 0 Å². The van der Waals surface area contributed by atoms with E-state index in [1.807, 2.05) is 30.3 Å². The number of hydrogen-bond donors (Lipinski definition) is 2. The van der Waals surface area contributed by atoms with Gasteiger partial charge in [-0.3, -0.25) is 0 Å². The summed E-state index contributed by atoms with van der Waals surface area (Å²) in [5.74, 6) is 0.666. The third-order valence-electron chi connectivity index (χ3n) is 2.66. The fourth-order valence-corrected chi connectivity index (χ4v) is 1.89. The predicted octanol–water partition coefficient (Wildman–Crippen LogP) is 0.417. The van der Waals surface area contributed by atoms with Crippen molar-refractivity contribution < 1.29 is 4.79 Å². The zero-order chi connectivity index (χ0) is 12.1. The van der Waals surface area contributed by atoms with Crippen LogP contribution in [0.2, 0.25) is 0 Å². The summed E-state index contributed by atoms with van der Waals surface area (Å²) in [6.45, 7) is 3.46. The van der Waals surface area contributed by atoms with Gasteiger partial charge in [-0.2, -0.15) is 4.99 Å². The van der Waals surface area contributed by atoms with Crippen LogP contribution in [0.25, 0.3) is 0 Å². The van der Waals surface area contributed by atoms with Crippen LogP contribution in [0.1, 0.15) is 5.56 Å². The average Bonchev–Trinajstić information content (AvgIpc) is 2.38. The van der Waals surface area contributed by atoms with Crippen molar-refractivity contribution in [1.29, 1.82) is 0 Å². The van der Waals surface area contributed by atoms with Crippen LogP contribution in [-0.2, 0) is 0 Å². The largest absolute Gasteiger partial charge is 0.353 e. The van der Waals surface area contributed by atoms with Gasteiger partial charge < -0.3 is 16.0 Å². The van der Waals surface area contributed by atoms with Crippen LogP contribution < -0.4 is 11.1 Å². The Labute approximate surface area is 100 Å². The molecule has 0 unspecified atom stereocenters. The van der Waals surface area contributed by atoms with Gasteiger partial charge in [0.05, 0.1) is 0 Å². The smallest absolute Gasteiger partial charge is 0.340 e. The monoisotopic (exact) mass is 232 g/mol. The van der Waals surface area contributed by atoms with Gasteiger partial charge >= 0.3 is 6.03 Å². The maximum atomic E-state index is 11.0. The predicted molar refractivity (Wildman–Crippen MR) is 67.0 cm³/mol. The van der Waals surface area contributed by atoms with Crippen LogP contribution >= 0.6 is 0 Å². The van der Waals surface area contributed by atoms with Gasteiger partial charge in [0, 0.05) is 31.7 Å². The number of hydrogen-bond acceptors (Lipinski definition) is 2. The van der Waals surface area contributed by atoms with Crippen molar-refractivity contribution in [3.63, 3.8) is 0 Å². The summed E-state index contributed by atoms with van der Waals surface area (Å²) in [7, 11) is 0. The first-order valence-corrected chi connectivity index (χ1v) is 5.66. The first kappa shape index (κ1) is 11.6. The van der Waals surface area contributed by atoms with Crippen molar-refractivity contribution in [2.75, 3.05) is 26.2 Å². The minimum Gasteiger partial charge on any atom is -0.353 e. The normalized spacial score (nSPS) is 16.9. The third kappa shape index (κ3) is 3.04. The summed E-state index contributed by atoms with van der Waals surface area (Å²) < 4.78 is 0. The molecule has 1 heterocycles. The number of rotatable bonds is 1. The summed E-state index contributed by atoms with van der Waals surface area (Å²) in [6, 6.07) is 9.00. The minimum absolute atomic E-state index is 0.651. The van der Waals surface area contributed by atoms with Crippen LogP contribution in [0, 0.1) is 0 Å². The zero-order valence-electron chi connectivity index (χ0n) is 9.60. The van der Waals surface area contributed by atoms with Crippen molar-refractivity contribution in [2.24, 2.45) is 10.7 Å². The lowest BCUT2D eigenvalue weighted by Gasteiger charge is -2.30. The van der Waals surface area contributed by atoms with Gasteiger partial charge in [-0.25, -0.2) is 4.79 Å². The standard InChI is InChI=1S/C12H16N4O/c13-12(17)15-11(10-4-2-1-3-5-10)16-8-6-14-7-9-16/h1-5,14H,6-9H2,(H2,13,17)/b15-11+. The second-order valence-electron chi connectivity index (χ2n) is 3.88. The van der Waals surface area contributed by atoms with E-state index in [0.29, 0.717) is 5.84 Å². The molecule has 1 aromatic carbocycles. The Hall–Kier alpha value is -1.88. The zero-order valence-corrected chi connectivity index (χ0v) is 9.60. The van der Waals surface area contributed by atoms with Crippen molar-refractivity contribution in [2.45, 2.75) is 0 Å². The van der Waals surface area contributed by atoms with Gasteiger partial charge in [0.25, 0.3) is 0 Å². The molecule has 0 saturated carbocycles. The molecule has 17 heavy (non-hydrogen) atoms. The molecular formula is C12H16N4O. The molecule has 1 aliphatic heterocycles. The van der Waals surface area contributed by atoms with E-state index in [1.54, 1.807) is 0 Å². The number of nitrogens with two attached hydrogens (primary N) is 1. The Bertz CT molecular complexity index is 410. The summed E-state index contributed by atoms with van der Waals surface area (Å²) in [6.07, 6.45) is 0. The number of urea groups is 1. The number of primary amides is 1. The number of aliphatic imine (C=N–C) groups is 1. The number of amides is 2. The molecule has 3 N–H and O–H groups in total. The van der Waals surface area contributed by atoms with E-state index >= 15 is 0 Å². The van der Waals surface area contributed by atoms with Crippen LogP contribution in [-0.4, -0.2) is 42.9 Å². The molecule has 1 fully saturated rings. The highest BCUT2D eigenvalue weighted by atomic mass is 16.2. The molecule has 5 nitrogen and oxygen atoms in total. The molecule has 1 saturated heterocycles. The molecule has 1 aliphatic rings. The van der Waals surface area contributed by atoms with E-state index in [4.69, 9.17) is 5.73 Å². The van der Waals surface area contributed by atoms with Gasteiger partial charge in [-0.1, -0.05) is 30.3 Å². The number of amidine groups is 1. The van der Waals surface area contributed by atoms with E-state index in [-0.39, 0.29) is 0 Å². The molecule has 90 valence electrons. The Morgan fingerprint density at radius 1 is 1.24 bits per heavy atom. The van der Waals surface area contributed by atoms with Gasteiger partial charge in [-0.05, 0) is 0 Å². The molecule has 1 aromatic rings. The highest BCUT2D eigenvalue weighted by molar-refractivity contribution is 6.04. The Kier molecular flexibility index (Phi) is 3.72. The molecule has 2 amide bonds. The number of nitrogens with zero attached hydrogens (tertiary/aromatic N) is 2. The number of nitrogens with one attached hydrogen (secondary N) is 1. The quantitative estimate of drug-likeness (QED) is 0.544. The molecule has 0 bridgehead atoms. The number of benzene rings is 1. The van der Waals surface area contributed by atoms with Crippen molar-refractivity contribution >= 4 is 11.9 Å². The van der Waals surface area contributed by atoms with E-state index in [0.717, 1.165) is 31.7 Å². The lowest BCUT2D eigenvalue weighted by Crippen LogP contribution is -2.47. The molecule has 0 atom stereocenters. The van der Waals surface area contributed by atoms with Gasteiger partial charge in [0.2, 0.25) is 0 Å². The summed E-state index contributed by atoms with van der Waals surface area (Å²) in [4.78, 5) is 17.0. The van der Waals surface area contributed by atoms with E-state index in [2.05, 4.69) is 15.2 Å². The van der Waals surface area contributed by atoms with Crippen LogP contribution in [0.3, 0.4) is 0 Å². The molecule has 0 aliphatic carbocycles. The second-order valence-corrected chi connectivity index (χ2v) is 3.88. The van der Waals surface area contributed by atoms with Crippen molar-refractivity contribution in [3.05, 3.63) is 35.9 Å². The number of carbonyl (C=O) groups excluding carboxylic acids is 1. The molecule has 2 rings (SSSR count). The van der Waals surface area contributed by atoms with E-state index < -0.39 is 6.03 Å². The summed E-state index contributed by atoms with van der Waals surface area (Å²) in [5.41, 5.74) is 6.09. The fourth-order valence-electron chi connectivity index (χ4n) is 1.89. The van der Waals surface area contributed by atoms with Gasteiger partial charge in [-0.15, -0.1) is 0 Å². The van der Waals surface area contributed by atoms with Gasteiger partial charge in [0.1, 0.15) is 5.84 Å². The van der Waals surface area contributed by atoms with Gasteiger partial charge in [0.15, 0.2) is 0 Å². The molecule has 5 heteroatoms. The van der Waals surface area contributed by atoms with E-state index in [9.17, 15) is 4.79 Å². The molecule has 0 aromatic heterocycles. The minimum atomic E-state index is -0.651. The lowest BCUT2D eigenvalue weighted by molar-refractivity contribution is 0.256. The highest BCUT2D eigenvalue weighted by Crippen LogP contribution is 2.07. The fraction of sp³-hybridized carbons (Fsp3) is 0.333.